The van der Waals surface area contributed by atoms with Crippen LogP contribution in [0.2, 0.25) is 0 Å². The summed E-state index contributed by atoms with van der Waals surface area (Å²) in [4.78, 5) is 4.65. The van der Waals surface area contributed by atoms with Crippen LogP contribution >= 0.6 is 11.3 Å². The van der Waals surface area contributed by atoms with Gasteiger partial charge in [-0.1, -0.05) is 34.6 Å². The Morgan fingerprint density at radius 2 is 2.06 bits per heavy atom. The molecule has 16 heavy (non-hydrogen) atoms. The molecule has 1 N–H and O–H groups in total. The van der Waals surface area contributed by atoms with Gasteiger partial charge in [-0.15, -0.1) is 11.3 Å². The van der Waals surface area contributed by atoms with Gasteiger partial charge < -0.3 is 5.11 Å². The van der Waals surface area contributed by atoms with E-state index in [0.717, 1.165) is 23.5 Å². The van der Waals surface area contributed by atoms with Crippen LogP contribution in [-0.2, 0) is 11.8 Å². The summed E-state index contributed by atoms with van der Waals surface area (Å²) in [6, 6.07) is 0. The maximum atomic E-state index is 9.73. The molecule has 2 nitrogen and oxygen atoms in total. The largest absolute Gasteiger partial charge is 0.393 e. The summed E-state index contributed by atoms with van der Waals surface area (Å²) in [5.74, 6) is 0.295. The zero-order valence-corrected chi connectivity index (χ0v) is 11.8. The lowest BCUT2D eigenvalue weighted by molar-refractivity contribution is 0.112. The standard InChI is InChI=1S/C13H23NOS/c1-6-10(15)9(2)7-12-14-11(8-16-12)13(3,4)5/h8-10,15H,6-7H2,1-5H3. The van der Waals surface area contributed by atoms with Crippen LogP contribution in [-0.4, -0.2) is 16.2 Å². The molecule has 1 rings (SSSR count). The highest BCUT2D eigenvalue weighted by molar-refractivity contribution is 7.09. The normalized spacial score (nSPS) is 16.1. The van der Waals surface area contributed by atoms with E-state index in [1.807, 2.05) is 6.92 Å². The molecule has 1 aromatic heterocycles. The molecule has 2 unspecified atom stereocenters. The fraction of sp³-hybridized carbons (Fsp3) is 0.769. The van der Waals surface area contributed by atoms with Crippen molar-refractivity contribution in [3.8, 4) is 0 Å². The third kappa shape index (κ3) is 3.56. The second-order valence-corrected chi connectivity index (χ2v) is 6.48. The molecule has 0 fully saturated rings. The van der Waals surface area contributed by atoms with Crippen LogP contribution in [0.3, 0.4) is 0 Å². The molecule has 0 saturated heterocycles. The van der Waals surface area contributed by atoms with Crippen molar-refractivity contribution in [2.75, 3.05) is 0 Å². The van der Waals surface area contributed by atoms with Gasteiger partial charge in [0.05, 0.1) is 16.8 Å². The lowest BCUT2D eigenvalue weighted by Crippen LogP contribution is -2.18. The molecule has 0 aromatic carbocycles. The number of aliphatic hydroxyl groups excluding tert-OH is 1. The van der Waals surface area contributed by atoms with Gasteiger partial charge in [-0.2, -0.15) is 0 Å². The molecule has 92 valence electrons. The maximum absolute atomic E-state index is 9.73. The molecule has 0 bridgehead atoms. The molecule has 1 heterocycles. The Balaban J connectivity index is 2.66. The van der Waals surface area contributed by atoms with E-state index in [9.17, 15) is 5.11 Å². The van der Waals surface area contributed by atoms with Crippen molar-refractivity contribution in [2.24, 2.45) is 5.92 Å². The van der Waals surface area contributed by atoms with Crippen molar-refractivity contribution < 1.29 is 5.11 Å². The Morgan fingerprint density at radius 1 is 1.44 bits per heavy atom. The van der Waals surface area contributed by atoms with Gasteiger partial charge in [0.2, 0.25) is 0 Å². The lowest BCUT2D eigenvalue weighted by atomic mass is 9.93. The van der Waals surface area contributed by atoms with E-state index in [1.165, 1.54) is 0 Å². The van der Waals surface area contributed by atoms with Crippen LogP contribution in [0.4, 0.5) is 0 Å². The SMILES string of the molecule is CCC(O)C(C)Cc1nc(C(C)(C)C)cs1. The number of hydrogen-bond acceptors (Lipinski definition) is 3. The average Bonchev–Trinajstić information content (AvgIpc) is 2.64. The monoisotopic (exact) mass is 241 g/mol. The first kappa shape index (κ1) is 13.7. The Bertz CT molecular complexity index is 327. The minimum Gasteiger partial charge on any atom is -0.393 e. The van der Waals surface area contributed by atoms with Gasteiger partial charge in [0, 0.05) is 17.2 Å². The predicted octanol–water partition coefficient (Wildman–Crippen LogP) is 3.39. The Hall–Kier alpha value is -0.410. The fourth-order valence-electron chi connectivity index (χ4n) is 1.56. The summed E-state index contributed by atoms with van der Waals surface area (Å²) in [5.41, 5.74) is 1.28. The predicted molar refractivity (Wildman–Crippen MR) is 70.0 cm³/mol. The second-order valence-electron chi connectivity index (χ2n) is 5.53. The summed E-state index contributed by atoms with van der Waals surface area (Å²) in [5, 5.41) is 13.0. The number of nitrogens with zero attached hydrogens (tertiary/aromatic N) is 1. The lowest BCUT2D eigenvalue weighted by Gasteiger charge is -2.16. The van der Waals surface area contributed by atoms with E-state index >= 15 is 0 Å². The maximum Gasteiger partial charge on any atom is 0.0932 e. The van der Waals surface area contributed by atoms with Gasteiger partial charge in [-0.3, -0.25) is 0 Å². The van der Waals surface area contributed by atoms with Crippen molar-refractivity contribution in [1.82, 2.24) is 4.98 Å². The van der Waals surface area contributed by atoms with Crippen LogP contribution in [0.25, 0.3) is 0 Å². The molecule has 0 radical (unpaired) electrons. The highest BCUT2D eigenvalue weighted by Gasteiger charge is 2.19. The molecular formula is C13H23NOS. The number of rotatable bonds is 4. The fourth-order valence-corrected chi connectivity index (χ4v) is 2.73. The molecule has 0 saturated carbocycles. The Morgan fingerprint density at radius 3 is 2.50 bits per heavy atom. The van der Waals surface area contributed by atoms with Crippen LogP contribution in [0.1, 0.15) is 51.7 Å². The number of hydrogen-bond donors (Lipinski definition) is 1. The van der Waals surface area contributed by atoms with E-state index in [0.29, 0.717) is 5.92 Å². The van der Waals surface area contributed by atoms with Gasteiger partial charge >= 0.3 is 0 Å². The molecule has 1 aromatic rings. The smallest absolute Gasteiger partial charge is 0.0932 e. The van der Waals surface area contributed by atoms with E-state index in [2.05, 4.69) is 38.1 Å². The van der Waals surface area contributed by atoms with Gasteiger partial charge in [0.25, 0.3) is 0 Å². The third-order valence-electron chi connectivity index (χ3n) is 2.89. The minimum absolute atomic E-state index is 0.126. The average molecular weight is 241 g/mol. The van der Waals surface area contributed by atoms with Crippen molar-refractivity contribution in [2.45, 2.75) is 59.0 Å². The van der Waals surface area contributed by atoms with Gasteiger partial charge in [0.1, 0.15) is 0 Å². The summed E-state index contributed by atoms with van der Waals surface area (Å²) < 4.78 is 0. The molecule has 3 heteroatoms. The van der Waals surface area contributed by atoms with Crippen molar-refractivity contribution in [1.29, 1.82) is 0 Å². The summed E-state index contributed by atoms with van der Waals surface area (Å²) in [6.07, 6.45) is 1.50. The first-order valence-corrected chi connectivity index (χ1v) is 6.85. The molecular weight excluding hydrogens is 218 g/mol. The second kappa shape index (κ2) is 5.28. The molecule has 0 amide bonds. The Labute approximate surface area is 103 Å². The molecule has 0 spiro atoms. The number of aromatic nitrogens is 1. The highest BCUT2D eigenvalue weighted by atomic mass is 32.1. The molecule has 0 aliphatic carbocycles. The molecule has 2 atom stereocenters. The quantitative estimate of drug-likeness (QED) is 0.876. The highest BCUT2D eigenvalue weighted by Crippen LogP contribution is 2.25. The zero-order valence-electron chi connectivity index (χ0n) is 10.9. The van der Waals surface area contributed by atoms with E-state index in [1.54, 1.807) is 11.3 Å². The van der Waals surface area contributed by atoms with Crippen LogP contribution in [0, 0.1) is 5.92 Å². The first-order valence-electron chi connectivity index (χ1n) is 5.97. The van der Waals surface area contributed by atoms with E-state index < -0.39 is 0 Å². The number of thiazole rings is 1. The first-order chi connectivity index (χ1) is 7.34. The number of aliphatic hydroxyl groups is 1. The third-order valence-corrected chi connectivity index (χ3v) is 3.76. The molecule has 0 aliphatic heterocycles. The van der Waals surface area contributed by atoms with Gasteiger partial charge in [-0.25, -0.2) is 4.98 Å². The summed E-state index contributed by atoms with van der Waals surface area (Å²) in [6.45, 7) is 10.6. The van der Waals surface area contributed by atoms with Crippen LogP contribution in [0.15, 0.2) is 5.38 Å². The summed E-state index contributed by atoms with van der Waals surface area (Å²) in [7, 11) is 0. The van der Waals surface area contributed by atoms with Gasteiger partial charge in [-0.05, 0) is 12.3 Å². The molecule has 0 aliphatic rings. The van der Waals surface area contributed by atoms with E-state index in [4.69, 9.17) is 0 Å². The van der Waals surface area contributed by atoms with Crippen LogP contribution in [0.5, 0.6) is 0 Å². The van der Waals surface area contributed by atoms with Crippen molar-refractivity contribution >= 4 is 11.3 Å². The minimum atomic E-state index is -0.206. The van der Waals surface area contributed by atoms with E-state index in [-0.39, 0.29) is 11.5 Å². The summed E-state index contributed by atoms with van der Waals surface area (Å²) >= 11 is 1.71. The van der Waals surface area contributed by atoms with Crippen molar-refractivity contribution in [3.63, 3.8) is 0 Å². The van der Waals surface area contributed by atoms with Crippen molar-refractivity contribution in [3.05, 3.63) is 16.1 Å². The van der Waals surface area contributed by atoms with Crippen LogP contribution < -0.4 is 0 Å². The van der Waals surface area contributed by atoms with Gasteiger partial charge in [0.15, 0.2) is 0 Å². The Kier molecular flexibility index (Phi) is 4.51. The zero-order chi connectivity index (χ0) is 12.3. The topological polar surface area (TPSA) is 33.1 Å².